The highest BCUT2D eigenvalue weighted by Crippen LogP contribution is 2.24. The Morgan fingerprint density at radius 3 is 1.16 bits per heavy atom. The lowest BCUT2D eigenvalue weighted by Gasteiger charge is -2.33. The number of rotatable bonds is 6. The van der Waals surface area contributed by atoms with Crippen LogP contribution in [0, 0.1) is 0 Å². The quantitative estimate of drug-likeness (QED) is 0.525. The summed E-state index contributed by atoms with van der Waals surface area (Å²) in [7, 11) is 13.7. The van der Waals surface area contributed by atoms with E-state index in [2.05, 4.69) is 0 Å². The molecule has 25 heavy (non-hydrogen) atoms. The molecule has 0 N–H and O–H groups in total. The van der Waals surface area contributed by atoms with Crippen molar-refractivity contribution in [2.75, 3.05) is 49.3 Å². The van der Waals surface area contributed by atoms with Crippen molar-refractivity contribution in [3.8, 4) is 0 Å². The lowest BCUT2D eigenvalue weighted by atomic mass is 9.99. The molecule has 0 spiro atoms. The maximum Gasteiger partial charge on any atom is 0.198 e. The summed E-state index contributed by atoms with van der Waals surface area (Å²) in [5.74, 6) is 0. The molecule has 0 atom stereocenters. The summed E-state index contributed by atoms with van der Waals surface area (Å²) in [6, 6.07) is 0. The normalized spacial score (nSPS) is 20.8. The van der Waals surface area contributed by atoms with Crippen LogP contribution in [0.4, 0.5) is 0 Å². The van der Waals surface area contributed by atoms with Crippen LogP contribution in [0.15, 0.2) is 0 Å². The molecule has 6 heteroatoms. The molecule has 0 aromatic carbocycles. The third-order valence-corrected chi connectivity index (χ3v) is 4.18. The third-order valence-electron chi connectivity index (χ3n) is 4.18. The molecule has 0 saturated heterocycles. The Hall–Kier alpha value is -0.240. The zero-order chi connectivity index (χ0) is 19.0. The van der Waals surface area contributed by atoms with Gasteiger partial charge >= 0.3 is 0 Å². The van der Waals surface area contributed by atoms with Gasteiger partial charge in [-0.3, -0.25) is 0 Å². The Kier molecular flexibility index (Phi) is 9.29. The van der Waals surface area contributed by atoms with Gasteiger partial charge in [0.1, 0.15) is 48.4 Å². The van der Waals surface area contributed by atoms with Crippen LogP contribution in [0.1, 0.15) is 70.6 Å². The van der Waals surface area contributed by atoms with Crippen molar-refractivity contribution in [1.82, 2.24) is 0 Å². The third kappa shape index (κ3) is 11.9. The van der Waals surface area contributed by atoms with E-state index in [-0.39, 0.29) is 11.1 Å². The Balaban J connectivity index is 2.74. The van der Waals surface area contributed by atoms with E-state index in [1.54, 1.807) is 0 Å². The molecule has 150 valence electrons. The van der Waals surface area contributed by atoms with Gasteiger partial charge in [0.15, 0.2) is 12.0 Å². The van der Waals surface area contributed by atoms with Gasteiger partial charge in [0.25, 0.3) is 0 Å². The second-order valence-electron chi connectivity index (χ2n) is 9.20. The summed E-state index contributed by atoms with van der Waals surface area (Å²) >= 11 is 0. The summed E-state index contributed by atoms with van der Waals surface area (Å²) in [5, 5.41) is 0. The van der Waals surface area contributed by atoms with Gasteiger partial charge in [-0.15, -0.1) is 14.1 Å². The van der Waals surface area contributed by atoms with Crippen molar-refractivity contribution in [2.24, 2.45) is 0 Å². The molecule has 1 fully saturated rings. The molecular formula is C19H44N3O3+3. The highest BCUT2D eigenvalue weighted by Gasteiger charge is 2.46. The van der Waals surface area contributed by atoms with Crippen molar-refractivity contribution in [2.45, 2.75) is 76.7 Å². The van der Waals surface area contributed by atoms with Crippen LogP contribution >= 0.6 is 0 Å². The number of nitrogens with zero attached hydrogens (tertiary/aromatic N) is 3. The highest BCUT2D eigenvalue weighted by molar-refractivity contribution is 4.59. The number of quaternary nitrogens is 3. The van der Waals surface area contributed by atoms with Crippen LogP contribution in [0.5, 0.6) is 0 Å². The second-order valence-corrected chi connectivity index (χ2v) is 9.20. The average molecular weight is 363 g/mol. The fourth-order valence-electron chi connectivity index (χ4n) is 3.45. The smallest absolute Gasteiger partial charge is 0.127 e. The summed E-state index contributed by atoms with van der Waals surface area (Å²) in [4.78, 5) is 18.3. The van der Waals surface area contributed by atoms with Gasteiger partial charge in [-0.25, -0.2) is 0 Å². The summed E-state index contributed by atoms with van der Waals surface area (Å²) in [5.41, 5.74) is 0. The fourth-order valence-corrected chi connectivity index (χ4v) is 3.45. The minimum absolute atomic E-state index is 0.169. The Labute approximate surface area is 155 Å². The standard InChI is InChI=1S/C19H44N3O3/c1-20(2,3)24-22(7,25-21(4,5)6)23-19-17-15-13-11-9-8-10-12-14-16-18-19/h19H,8-18H2,1-7H3/q+3. The fraction of sp³-hybridized carbons (Fsp3) is 1.00. The zero-order valence-corrected chi connectivity index (χ0v) is 17.9. The molecule has 1 aliphatic rings. The number of hydrogen-bond donors (Lipinski definition) is 0. The van der Waals surface area contributed by atoms with E-state index in [1.165, 1.54) is 57.8 Å². The molecule has 0 radical (unpaired) electrons. The first-order valence-electron chi connectivity index (χ1n) is 10.1. The van der Waals surface area contributed by atoms with Crippen LogP contribution < -0.4 is 0 Å². The molecule has 6 nitrogen and oxygen atoms in total. The van der Waals surface area contributed by atoms with E-state index >= 15 is 0 Å². The predicted molar refractivity (Wildman–Crippen MR) is 100 cm³/mol. The first kappa shape index (κ1) is 22.8. The number of hydroxylamine groups is 9. The molecule has 1 aliphatic carbocycles. The maximum absolute atomic E-state index is 6.40. The van der Waals surface area contributed by atoms with E-state index in [0.29, 0.717) is 9.29 Å². The molecule has 1 rings (SSSR count). The molecule has 0 amide bonds. The molecule has 0 bridgehead atoms. The van der Waals surface area contributed by atoms with Gasteiger partial charge < -0.3 is 0 Å². The molecule has 0 heterocycles. The molecular weight excluding hydrogens is 318 g/mol. The van der Waals surface area contributed by atoms with E-state index in [1.807, 2.05) is 49.3 Å². The number of hydrogen-bond acceptors (Lipinski definition) is 3. The van der Waals surface area contributed by atoms with Gasteiger partial charge in [0, 0.05) is 0 Å². The lowest BCUT2D eigenvalue weighted by molar-refractivity contribution is -1.55. The second kappa shape index (κ2) is 10.2. The average Bonchev–Trinajstić information content (AvgIpc) is 2.37. The molecule has 0 aromatic rings. The Bertz CT molecular complexity index is 336. The summed E-state index contributed by atoms with van der Waals surface area (Å²) in [6.07, 6.45) is 14.2. The monoisotopic (exact) mass is 362 g/mol. The van der Waals surface area contributed by atoms with Crippen LogP contribution in [0.3, 0.4) is 0 Å². The van der Waals surface area contributed by atoms with E-state index < -0.39 is 0 Å². The van der Waals surface area contributed by atoms with Crippen molar-refractivity contribution in [3.63, 3.8) is 0 Å². The van der Waals surface area contributed by atoms with E-state index in [9.17, 15) is 0 Å². The van der Waals surface area contributed by atoms with Crippen LogP contribution in [0.2, 0.25) is 0 Å². The highest BCUT2D eigenvalue weighted by atomic mass is 17.3. The van der Waals surface area contributed by atoms with Crippen molar-refractivity contribution in [1.29, 1.82) is 0 Å². The predicted octanol–water partition coefficient (Wildman–Crippen LogP) is 4.14. The summed E-state index contributed by atoms with van der Waals surface area (Å²) < 4.78 is 0.618. The lowest BCUT2D eigenvalue weighted by Crippen LogP contribution is -2.59. The van der Waals surface area contributed by atoms with Gasteiger partial charge in [-0.2, -0.15) is 0 Å². The maximum atomic E-state index is 6.40. The van der Waals surface area contributed by atoms with Crippen LogP contribution in [-0.2, 0) is 14.7 Å². The summed E-state index contributed by atoms with van der Waals surface area (Å²) in [6.45, 7) is 0. The Morgan fingerprint density at radius 1 is 0.520 bits per heavy atom. The molecule has 0 aromatic heterocycles. The Morgan fingerprint density at radius 2 is 0.840 bits per heavy atom. The van der Waals surface area contributed by atoms with Gasteiger partial charge in [-0.1, -0.05) is 57.8 Å². The van der Waals surface area contributed by atoms with Crippen molar-refractivity contribution < 1.29 is 29.0 Å². The van der Waals surface area contributed by atoms with Crippen molar-refractivity contribution >= 4 is 0 Å². The van der Waals surface area contributed by atoms with Crippen LogP contribution in [-0.4, -0.2) is 69.7 Å². The van der Waals surface area contributed by atoms with Gasteiger partial charge in [-0.05, 0) is 12.8 Å². The molecule has 0 aliphatic heterocycles. The SMILES string of the molecule is C[N+](C)(C)O[N+](C)(OC1CCCCCCCCCCC1)O[N+](C)(C)C. The topological polar surface area (TPSA) is 27.7 Å². The van der Waals surface area contributed by atoms with Crippen LogP contribution in [0.25, 0.3) is 0 Å². The van der Waals surface area contributed by atoms with Gasteiger partial charge in [0.2, 0.25) is 0 Å². The minimum atomic E-state index is -0.294. The molecule has 0 unspecified atom stereocenters. The first-order chi connectivity index (χ1) is 11.5. The first-order valence-corrected chi connectivity index (χ1v) is 10.1. The largest absolute Gasteiger partial charge is 0.198 e. The van der Waals surface area contributed by atoms with E-state index in [0.717, 1.165) is 12.8 Å². The molecule has 1 saturated carbocycles. The zero-order valence-electron chi connectivity index (χ0n) is 17.9. The van der Waals surface area contributed by atoms with Crippen molar-refractivity contribution in [3.05, 3.63) is 0 Å². The van der Waals surface area contributed by atoms with E-state index in [4.69, 9.17) is 14.7 Å². The van der Waals surface area contributed by atoms with Gasteiger partial charge in [0.05, 0.1) is 9.88 Å². The minimum Gasteiger partial charge on any atom is -0.127 e.